The molecule has 1 fully saturated rings. The van der Waals surface area contributed by atoms with Gasteiger partial charge in [-0.15, -0.1) is 0 Å². The molecule has 0 aliphatic heterocycles. The number of rotatable bonds is 8. The van der Waals surface area contributed by atoms with Crippen molar-refractivity contribution in [2.45, 2.75) is 43.2 Å². The van der Waals surface area contributed by atoms with Crippen molar-refractivity contribution in [3.05, 3.63) is 94.5 Å². The molecule has 7 nitrogen and oxygen atoms in total. The van der Waals surface area contributed by atoms with E-state index in [1.165, 1.54) is 29.6 Å². The molecule has 0 unspecified atom stereocenters. The zero-order valence-electron chi connectivity index (χ0n) is 19.9. The maximum atomic E-state index is 13.2. The Morgan fingerprint density at radius 3 is 2.31 bits per heavy atom. The van der Waals surface area contributed by atoms with Crippen LogP contribution in [0.3, 0.4) is 0 Å². The molecular weight excluding hydrogens is 498 g/mol. The number of hydrogen-bond donors (Lipinski definition) is 2. The molecule has 9 heteroatoms. The first kappa shape index (κ1) is 25.9. The van der Waals surface area contributed by atoms with Crippen molar-refractivity contribution >= 4 is 39.1 Å². The first-order valence-electron chi connectivity index (χ1n) is 11.8. The van der Waals surface area contributed by atoms with Gasteiger partial charge >= 0.3 is 0 Å². The van der Waals surface area contributed by atoms with E-state index in [1.807, 2.05) is 30.3 Å². The second kappa shape index (κ2) is 11.2. The van der Waals surface area contributed by atoms with Crippen molar-refractivity contribution in [3.8, 4) is 0 Å². The predicted molar refractivity (Wildman–Crippen MR) is 141 cm³/mol. The lowest BCUT2D eigenvalue weighted by Gasteiger charge is -2.18. The number of carbonyl (C=O) groups excluding carboxylic acids is 2. The van der Waals surface area contributed by atoms with E-state index in [2.05, 4.69) is 10.6 Å². The van der Waals surface area contributed by atoms with Gasteiger partial charge in [-0.05, 0) is 48.7 Å². The summed E-state index contributed by atoms with van der Waals surface area (Å²) in [6.45, 7) is 0.177. The maximum Gasteiger partial charge on any atom is 0.257 e. The molecule has 0 heterocycles. The highest BCUT2D eigenvalue weighted by Crippen LogP contribution is 2.26. The molecule has 36 heavy (non-hydrogen) atoms. The molecule has 0 radical (unpaired) electrons. The first-order chi connectivity index (χ1) is 17.3. The SMILES string of the molecule is CN(Cc1ccccc1)S(=O)(=O)c1ccc(Cl)c(C(=O)Nc2ccccc2C(=O)NC2CCCC2)c1. The summed E-state index contributed by atoms with van der Waals surface area (Å²) in [4.78, 5) is 25.9. The summed E-state index contributed by atoms with van der Waals surface area (Å²) in [5.41, 5.74) is 1.49. The zero-order chi connectivity index (χ0) is 25.7. The fraction of sp³-hybridized carbons (Fsp3) is 0.259. The van der Waals surface area contributed by atoms with Gasteiger partial charge in [-0.25, -0.2) is 8.42 Å². The normalized spacial score (nSPS) is 14.1. The zero-order valence-corrected chi connectivity index (χ0v) is 21.5. The highest BCUT2D eigenvalue weighted by Gasteiger charge is 2.25. The average molecular weight is 526 g/mol. The molecule has 1 aliphatic carbocycles. The first-order valence-corrected chi connectivity index (χ1v) is 13.6. The Morgan fingerprint density at radius 1 is 0.917 bits per heavy atom. The molecule has 4 rings (SSSR count). The Kier molecular flexibility index (Phi) is 8.08. The number of halogens is 1. The lowest BCUT2D eigenvalue weighted by Crippen LogP contribution is -2.33. The lowest BCUT2D eigenvalue weighted by atomic mass is 10.1. The van der Waals surface area contributed by atoms with Crippen molar-refractivity contribution in [2.24, 2.45) is 0 Å². The molecule has 0 atom stereocenters. The highest BCUT2D eigenvalue weighted by molar-refractivity contribution is 7.89. The van der Waals surface area contributed by atoms with E-state index in [9.17, 15) is 18.0 Å². The number of nitrogens with one attached hydrogen (secondary N) is 2. The van der Waals surface area contributed by atoms with Crippen LogP contribution in [0.5, 0.6) is 0 Å². The molecule has 0 aromatic heterocycles. The molecule has 188 valence electrons. The van der Waals surface area contributed by atoms with Gasteiger partial charge in [-0.1, -0.05) is 66.9 Å². The second-order valence-corrected chi connectivity index (χ2v) is 11.3. The van der Waals surface area contributed by atoms with Crippen molar-refractivity contribution < 1.29 is 18.0 Å². The van der Waals surface area contributed by atoms with Gasteiger partial charge in [0.1, 0.15) is 0 Å². The van der Waals surface area contributed by atoms with Crippen LogP contribution in [0.15, 0.2) is 77.7 Å². The van der Waals surface area contributed by atoms with E-state index in [0.29, 0.717) is 11.3 Å². The van der Waals surface area contributed by atoms with Gasteiger partial charge in [-0.2, -0.15) is 4.31 Å². The third-order valence-corrected chi connectivity index (χ3v) is 8.38. The minimum atomic E-state index is -3.89. The Balaban J connectivity index is 1.54. The molecule has 1 saturated carbocycles. The number of nitrogens with zero attached hydrogens (tertiary/aromatic N) is 1. The molecule has 0 saturated heterocycles. The molecule has 1 aliphatic rings. The number of anilines is 1. The second-order valence-electron chi connectivity index (χ2n) is 8.84. The molecule has 2 N–H and O–H groups in total. The molecule has 0 spiro atoms. The molecular formula is C27H28ClN3O4S. The third-order valence-electron chi connectivity index (χ3n) is 6.25. The number of hydrogen-bond acceptors (Lipinski definition) is 4. The van der Waals surface area contributed by atoms with Crippen molar-refractivity contribution in [2.75, 3.05) is 12.4 Å². The van der Waals surface area contributed by atoms with E-state index >= 15 is 0 Å². The van der Waals surface area contributed by atoms with Gasteiger partial charge in [0.05, 0.1) is 26.7 Å². The van der Waals surface area contributed by atoms with Gasteiger partial charge in [-0.3, -0.25) is 9.59 Å². The van der Waals surface area contributed by atoms with Crippen LogP contribution in [0.1, 0.15) is 52.0 Å². The van der Waals surface area contributed by atoms with Crippen LogP contribution in [0.2, 0.25) is 5.02 Å². The Labute approximate surface area is 216 Å². The summed E-state index contributed by atoms with van der Waals surface area (Å²) in [5, 5.41) is 5.85. The Bertz CT molecular complexity index is 1360. The fourth-order valence-corrected chi connectivity index (χ4v) is 5.65. The van der Waals surface area contributed by atoms with Gasteiger partial charge in [0.25, 0.3) is 11.8 Å². The van der Waals surface area contributed by atoms with E-state index < -0.39 is 15.9 Å². The summed E-state index contributed by atoms with van der Waals surface area (Å²) < 4.78 is 27.6. The van der Waals surface area contributed by atoms with Gasteiger partial charge in [0.2, 0.25) is 10.0 Å². The molecule has 3 aromatic carbocycles. The summed E-state index contributed by atoms with van der Waals surface area (Å²) >= 11 is 6.28. The predicted octanol–water partition coefficient (Wildman–Crippen LogP) is 5.09. The van der Waals surface area contributed by atoms with Crippen molar-refractivity contribution in [1.82, 2.24) is 9.62 Å². The number of sulfonamides is 1. The monoisotopic (exact) mass is 525 g/mol. The molecule has 2 amide bonds. The topological polar surface area (TPSA) is 95.6 Å². The highest BCUT2D eigenvalue weighted by atomic mass is 35.5. The van der Waals surface area contributed by atoms with E-state index in [0.717, 1.165) is 31.2 Å². The quantitative estimate of drug-likeness (QED) is 0.428. The van der Waals surface area contributed by atoms with Crippen LogP contribution in [0.25, 0.3) is 0 Å². The van der Waals surface area contributed by atoms with E-state index in [-0.39, 0.29) is 34.0 Å². The third kappa shape index (κ3) is 5.95. The number of benzene rings is 3. The van der Waals surface area contributed by atoms with Crippen LogP contribution in [-0.4, -0.2) is 37.6 Å². The van der Waals surface area contributed by atoms with Gasteiger partial charge < -0.3 is 10.6 Å². The smallest absolute Gasteiger partial charge is 0.257 e. The summed E-state index contributed by atoms with van der Waals surface area (Å²) in [6.07, 6.45) is 4.05. The largest absolute Gasteiger partial charge is 0.349 e. The van der Waals surface area contributed by atoms with Crippen LogP contribution in [0.4, 0.5) is 5.69 Å². The van der Waals surface area contributed by atoms with Gasteiger partial charge in [0.15, 0.2) is 0 Å². The minimum absolute atomic E-state index is 0.00291. The lowest BCUT2D eigenvalue weighted by molar-refractivity contribution is 0.0938. The van der Waals surface area contributed by atoms with Crippen LogP contribution >= 0.6 is 11.6 Å². The standard InChI is InChI=1S/C27H28ClN3O4S/c1-31(18-19-9-3-2-4-10-19)36(34,35)21-15-16-24(28)23(17-21)27(33)30-25-14-8-7-13-22(25)26(32)29-20-11-5-6-12-20/h2-4,7-10,13-17,20H,5-6,11-12,18H2,1H3,(H,29,32)(H,30,33). The van der Waals surface area contributed by atoms with E-state index in [1.54, 1.807) is 24.3 Å². The Morgan fingerprint density at radius 2 is 1.58 bits per heavy atom. The van der Waals surface area contributed by atoms with Crippen molar-refractivity contribution in [1.29, 1.82) is 0 Å². The summed E-state index contributed by atoms with van der Waals surface area (Å²) in [7, 11) is -2.41. The molecule has 0 bridgehead atoms. The summed E-state index contributed by atoms with van der Waals surface area (Å²) in [6, 6.07) is 20.1. The van der Waals surface area contributed by atoms with Crippen molar-refractivity contribution in [3.63, 3.8) is 0 Å². The average Bonchev–Trinajstić information content (AvgIpc) is 3.38. The minimum Gasteiger partial charge on any atom is -0.349 e. The van der Waals surface area contributed by atoms with Gasteiger partial charge in [0, 0.05) is 19.6 Å². The van der Waals surface area contributed by atoms with Crippen LogP contribution in [-0.2, 0) is 16.6 Å². The Hall–Kier alpha value is -3.20. The summed E-state index contributed by atoms with van der Waals surface area (Å²) in [5.74, 6) is -0.869. The fourth-order valence-electron chi connectivity index (χ4n) is 4.26. The number of amides is 2. The van der Waals surface area contributed by atoms with Crippen LogP contribution in [0, 0.1) is 0 Å². The van der Waals surface area contributed by atoms with Crippen LogP contribution < -0.4 is 10.6 Å². The van der Waals surface area contributed by atoms with E-state index in [4.69, 9.17) is 11.6 Å². The number of carbonyl (C=O) groups is 2. The molecule has 3 aromatic rings. The number of para-hydroxylation sites is 1. The maximum absolute atomic E-state index is 13.2.